The van der Waals surface area contributed by atoms with Crippen molar-refractivity contribution in [2.75, 3.05) is 13.7 Å². The third kappa shape index (κ3) is 4.49. The minimum Gasteiger partial charge on any atom is -0.501 e. The van der Waals surface area contributed by atoms with E-state index < -0.39 is 11.8 Å². The predicted octanol–water partition coefficient (Wildman–Crippen LogP) is 0.669. The van der Waals surface area contributed by atoms with Gasteiger partial charge in [-0.15, -0.1) is 0 Å². The smallest absolute Gasteiger partial charge is 0.378 e. The number of rotatable bonds is 5. The second-order valence-corrected chi connectivity index (χ2v) is 2.03. The van der Waals surface area contributed by atoms with Gasteiger partial charge in [0.15, 0.2) is 0 Å². The zero-order valence-electron chi connectivity index (χ0n) is 7.20. The molecule has 0 saturated carbocycles. The van der Waals surface area contributed by atoms with Crippen LogP contribution in [0, 0.1) is 0 Å². The first-order chi connectivity index (χ1) is 5.72. The molecule has 0 amide bonds. The maximum atomic E-state index is 10.7. The molecule has 0 aliphatic rings. The highest BCUT2D eigenvalue weighted by Crippen LogP contribution is 1.85. The van der Waals surface area contributed by atoms with Crippen molar-refractivity contribution in [3.05, 3.63) is 12.3 Å². The summed E-state index contributed by atoms with van der Waals surface area (Å²) in [5, 5.41) is 0. The van der Waals surface area contributed by atoms with Crippen LogP contribution in [0.5, 0.6) is 0 Å². The zero-order valence-corrected chi connectivity index (χ0v) is 7.20. The Morgan fingerprint density at radius 1 is 1.42 bits per heavy atom. The second-order valence-electron chi connectivity index (χ2n) is 2.03. The molecule has 0 N–H and O–H groups in total. The van der Waals surface area contributed by atoms with Crippen LogP contribution in [0.2, 0.25) is 0 Å². The van der Waals surface area contributed by atoms with Crippen molar-refractivity contribution in [2.24, 2.45) is 0 Å². The largest absolute Gasteiger partial charge is 0.501 e. The van der Waals surface area contributed by atoms with Gasteiger partial charge in [0.05, 0.1) is 20.0 Å². The van der Waals surface area contributed by atoms with Crippen LogP contribution in [0.3, 0.4) is 0 Å². The maximum absolute atomic E-state index is 10.7. The Hall–Kier alpha value is -1.32. The van der Waals surface area contributed by atoms with E-state index in [-0.39, 0.29) is 0 Å². The van der Waals surface area contributed by atoms with Gasteiger partial charge in [-0.05, 0) is 6.42 Å². The van der Waals surface area contributed by atoms with Crippen LogP contribution in [0.1, 0.15) is 13.3 Å². The Balaban J connectivity index is 3.68. The summed E-state index contributed by atoms with van der Waals surface area (Å²) in [4.78, 5) is 21.2. The number of esters is 1. The van der Waals surface area contributed by atoms with Crippen LogP contribution >= 0.6 is 0 Å². The molecule has 12 heavy (non-hydrogen) atoms. The molecule has 4 heteroatoms. The Morgan fingerprint density at radius 3 is 2.58 bits per heavy atom. The van der Waals surface area contributed by atoms with Gasteiger partial charge in [0.1, 0.15) is 0 Å². The van der Waals surface area contributed by atoms with Crippen molar-refractivity contribution < 1.29 is 19.1 Å². The fourth-order valence-corrected chi connectivity index (χ4v) is 0.464. The standard InChI is InChI=1S/C8H12O4/c1-3-5-12-6-4-7(9)8(10)11-2/h4,6H,3,5H2,1-2H3. The van der Waals surface area contributed by atoms with E-state index in [1.165, 1.54) is 6.26 Å². The molecule has 4 nitrogen and oxygen atoms in total. The van der Waals surface area contributed by atoms with Gasteiger partial charge in [-0.25, -0.2) is 4.79 Å². The highest BCUT2D eigenvalue weighted by Gasteiger charge is 2.08. The molecule has 0 atom stereocenters. The van der Waals surface area contributed by atoms with Crippen LogP contribution in [-0.4, -0.2) is 25.5 Å². The van der Waals surface area contributed by atoms with Crippen molar-refractivity contribution in [3.8, 4) is 0 Å². The number of carbonyl (C=O) groups is 2. The molecular weight excluding hydrogens is 160 g/mol. The van der Waals surface area contributed by atoms with Crippen molar-refractivity contribution in [1.82, 2.24) is 0 Å². The average molecular weight is 172 g/mol. The number of ketones is 1. The Bertz CT molecular complexity index is 183. The minimum absolute atomic E-state index is 0.533. The molecule has 0 unspecified atom stereocenters. The van der Waals surface area contributed by atoms with Crippen molar-refractivity contribution in [2.45, 2.75) is 13.3 Å². The summed E-state index contributed by atoms with van der Waals surface area (Å²) in [5.74, 6) is -1.60. The van der Waals surface area contributed by atoms with Gasteiger partial charge in [-0.1, -0.05) is 6.92 Å². The monoisotopic (exact) mass is 172 g/mol. The molecule has 0 aromatic rings. The summed E-state index contributed by atoms with van der Waals surface area (Å²) >= 11 is 0. The lowest BCUT2D eigenvalue weighted by atomic mass is 10.4. The van der Waals surface area contributed by atoms with Crippen LogP contribution in [-0.2, 0) is 19.1 Å². The molecule has 0 aromatic heterocycles. The summed E-state index contributed by atoms with van der Waals surface area (Å²) < 4.78 is 9.01. The van der Waals surface area contributed by atoms with E-state index in [0.717, 1.165) is 19.6 Å². The Morgan fingerprint density at radius 2 is 2.08 bits per heavy atom. The second kappa shape index (κ2) is 6.39. The van der Waals surface area contributed by atoms with Crippen LogP contribution in [0.4, 0.5) is 0 Å². The zero-order chi connectivity index (χ0) is 9.40. The fraction of sp³-hybridized carbons (Fsp3) is 0.500. The lowest BCUT2D eigenvalue weighted by molar-refractivity contribution is -0.149. The first kappa shape index (κ1) is 10.7. The molecule has 0 saturated heterocycles. The molecular formula is C8H12O4. The van der Waals surface area contributed by atoms with Gasteiger partial charge >= 0.3 is 5.97 Å². The number of ether oxygens (including phenoxy) is 2. The van der Waals surface area contributed by atoms with E-state index in [4.69, 9.17) is 4.74 Å². The molecule has 0 aliphatic carbocycles. The summed E-state index contributed by atoms with van der Waals surface area (Å²) in [6.45, 7) is 2.47. The van der Waals surface area contributed by atoms with Gasteiger partial charge in [0.25, 0.3) is 5.78 Å². The first-order valence-corrected chi connectivity index (χ1v) is 3.62. The van der Waals surface area contributed by atoms with Crippen LogP contribution in [0.15, 0.2) is 12.3 Å². The van der Waals surface area contributed by atoms with E-state index in [1.807, 2.05) is 6.92 Å². The lowest BCUT2D eigenvalue weighted by Crippen LogP contribution is -2.12. The van der Waals surface area contributed by atoms with Crippen molar-refractivity contribution in [1.29, 1.82) is 0 Å². The fourth-order valence-electron chi connectivity index (χ4n) is 0.464. The number of hydrogen-bond donors (Lipinski definition) is 0. The van der Waals surface area contributed by atoms with Gasteiger partial charge in [-0.2, -0.15) is 0 Å². The molecule has 0 rings (SSSR count). The SMILES string of the molecule is CCCOC=CC(=O)C(=O)OC. The molecule has 0 heterocycles. The summed E-state index contributed by atoms with van der Waals surface area (Å²) in [6, 6.07) is 0. The average Bonchev–Trinajstić information content (AvgIpc) is 2.10. The molecule has 68 valence electrons. The quantitative estimate of drug-likeness (QED) is 0.201. The number of carbonyl (C=O) groups excluding carboxylic acids is 2. The van der Waals surface area contributed by atoms with Crippen LogP contribution in [0.25, 0.3) is 0 Å². The maximum Gasteiger partial charge on any atom is 0.378 e. The predicted molar refractivity (Wildman–Crippen MR) is 42.4 cm³/mol. The molecule has 0 spiro atoms. The number of methoxy groups -OCH3 is 1. The molecule has 0 aliphatic heterocycles. The van der Waals surface area contributed by atoms with E-state index in [9.17, 15) is 9.59 Å². The normalized spacial score (nSPS) is 9.83. The summed E-state index contributed by atoms with van der Waals surface area (Å²) in [6.07, 6.45) is 3.10. The summed E-state index contributed by atoms with van der Waals surface area (Å²) in [5.41, 5.74) is 0. The minimum atomic E-state index is -0.883. The Labute approximate surface area is 71.2 Å². The van der Waals surface area contributed by atoms with E-state index >= 15 is 0 Å². The molecule has 0 radical (unpaired) electrons. The topological polar surface area (TPSA) is 52.6 Å². The van der Waals surface area contributed by atoms with E-state index in [0.29, 0.717) is 6.61 Å². The first-order valence-electron chi connectivity index (χ1n) is 3.62. The van der Waals surface area contributed by atoms with Gasteiger partial charge in [0, 0.05) is 6.08 Å². The van der Waals surface area contributed by atoms with E-state index in [1.54, 1.807) is 0 Å². The molecule has 0 bridgehead atoms. The van der Waals surface area contributed by atoms with Crippen LogP contribution < -0.4 is 0 Å². The Kier molecular flexibility index (Phi) is 5.69. The number of hydrogen-bond acceptors (Lipinski definition) is 4. The third-order valence-electron chi connectivity index (χ3n) is 1.02. The highest BCUT2D eigenvalue weighted by atomic mass is 16.5. The highest BCUT2D eigenvalue weighted by molar-refractivity contribution is 6.38. The van der Waals surface area contributed by atoms with Gasteiger partial charge in [0.2, 0.25) is 0 Å². The lowest BCUT2D eigenvalue weighted by Gasteiger charge is -1.94. The van der Waals surface area contributed by atoms with E-state index in [2.05, 4.69) is 4.74 Å². The molecule has 0 fully saturated rings. The van der Waals surface area contributed by atoms with Crippen molar-refractivity contribution >= 4 is 11.8 Å². The van der Waals surface area contributed by atoms with Crippen molar-refractivity contribution in [3.63, 3.8) is 0 Å². The molecule has 0 aromatic carbocycles. The van der Waals surface area contributed by atoms with Gasteiger partial charge < -0.3 is 9.47 Å². The third-order valence-corrected chi connectivity index (χ3v) is 1.02. The van der Waals surface area contributed by atoms with Gasteiger partial charge in [-0.3, -0.25) is 4.79 Å². The summed E-state index contributed by atoms with van der Waals surface area (Å²) in [7, 11) is 1.15.